The van der Waals surface area contributed by atoms with Crippen LogP contribution in [0.3, 0.4) is 0 Å². The van der Waals surface area contributed by atoms with E-state index in [9.17, 15) is 14.1 Å². The molecule has 2 heterocycles. The molecule has 0 aliphatic rings. The summed E-state index contributed by atoms with van der Waals surface area (Å²) in [5, 5.41) is 15.3. The number of nitrogens with one attached hydrogen (secondary N) is 1. The smallest absolute Gasteiger partial charge is 0.337 e. The lowest BCUT2D eigenvalue weighted by Gasteiger charge is -2.05. The van der Waals surface area contributed by atoms with E-state index in [1.54, 1.807) is 31.4 Å². The number of carboxylic acids is 1. The third-order valence-electron chi connectivity index (χ3n) is 4.56. The summed E-state index contributed by atoms with van der Waals surface area (Å²) in [6.07, 6.45) is 1.61. The molecule has 7 heteroatoms. The van der Waals surface area contributed by atoms with Crippen LogP contribution in [0.1, 0.15) is 21.8 Å². The number of H-pyrrole nitrogens is 1. The molecule has 1 atom stereocenters. The first kappa shape index (κ1) is 16.5. The van der Waals surface area contributed by atoms with E-state index < -0.39 is 16.8 Å². The molecular weight excluding hydrogens is 352 g/mol. The Morgan fingerprint density at radius 3 is 2.58 bits per heavy atom. The lowest BCUT2D eigenvalue weighted by atomic mass is 9.98. The molecular formula is C19H16N2O4S. The number of fused-ring (bicyclic) bond motifs is 3. The molecule has 0 aliphatic heterocycles. The van der Waals surface area contributed by atoms with E-state index in [0.717, 1.165) is 27.4 Å². The van der Waals surface area contributed by atoms with E-state index in [4.69, 9.17) is 4.52 Å². The fourth-order valence-electron chi connectivity index (χ4n) is 3.37. The van der Waals surface area contributed by atoms with Crippen LogP contribution in [0, 0.1) is 13.8 Å². The number of carbonyl (C=O) groups is 1. The third-order valence-corrected chi connectivity index (χ3v) is 5.48. The Morgan fingerprint density at radius 2 is 1.96 bits per heavy atom. The van der Waals surface area contributed by atoms with Crippen molar-refractivity contribution in [3.8, 4) is 11.1 Å². The normalized spacial score (nSPS) is 12.7. The second kappa shape index (κ2) is 5.81. The molecule has 0 saturated heterocycles. The molecule has 132 valence electrons. The maximum absolute atomic E-state index is 11.9. The Hall–Kier alpha value is -2.93. The second-order valence-electron chi connectivity index (χ2n) is 6.24. The minimum atomic E-state index is -1.11. The van der Waals surface area contributed by atoms with Gasteiger partial charge in [0.1, 0.15) is 5.76 Å². The number of hydrogen-bond donors (Lipinski definition) is 2. The molecule has 0 fully saturated rings. The predicted molar refractivity (Wildman–Crippen MR) is 100 cm³/mol. The van der Waals surface area contributed by atoms with Gasteiger partial charge in [0.25, 0.3) is 0 Å². The van der Waals surface area contributed by atoms with Crippen molar-refractivity contribution in [2.45, 2.75) is 18.7 Å². The van der Waals surface area contributed by atoms with Gasteiger partial charge < -0.3 is 14.6 Å². The molecule has 6 nitrogen and oxygen atoms in total. The van der Waals surface area contributed by atoms with Gasteiger partial charge >= 0.3 is 5.97 Å². The van der Waals surface area contributed by atoms with Gasteiger partial charge in [-0.15, -0.1) is 0 Å². The maximum atomic E-state index is 11.9. The van der Waals surface area contributed by atoms with Gasteiger partial charge in [0, 0.05) is 43.8 Å². The van der Waals surface area contributed by atoms with Gasteiger partial charge in [0.2, 0.25) is 0 Å². The van der Waals surface area contributed by atoms with Crippen LogP contribution >= 0.6 is 0 Å². The van der Waals surface area contributed by atoms with Gasteiger partial charge in [-0.05, 0) is 43.7 Å². The van der Waals surface area contributed by atoms with Gasteiger partial charge in [0.05, 0.1) is 16.8 Å². The summed E-state index contributed by atoms with van der Waals surface area (Å²) >= 11 is 0. The molecule has 2 aromatic heterocycles. The number of aromatic carboxylic acids is 1. The molecule has 0 saturated carbocycles. The van der Waals surface area contributed by atoms with E-state index in [1.165, 1.54) is 0 Å². The fourth-order valence-corrected chi connectivity index (χ4v) is 3.92. The van der Waals surface area contributed by atoms with Gasteiger partial charge in [-0.25, -0.2) is 4.79 Å². The Balaban J connectivity index is 2.10. The number of nitrogens with zero attached hydrogens (tertiary/aromatic N) is 1. The average Bonchev–Trinajstić information content (AvgIpc) is 3.12. The average molecular weight is 368 g/mol. The first-order valence-electron chi connectivity index (χ1n) is 7.96. The van der Waals surface area contributed by atoms with Gasteiger partial charge in [-0.3, -0.25) is 4.21 Å². The number of aromatic amines is 1. The van der Waals surface area contributed by atoms with Crippen molar-refractivity contribution >= 4 is 38.6 Å². The quantitative estimate of drug-likeness (QED) is 0.569. The summed E-state index contributed by atoms with van der Waals surface area (Å²) in [5.41, 5.74) is 3.73. The molecule has 0 spiro atoms. The Labute approximate surface area is 151 Å². The van der Waals surface area contributed by atoms with Gasteiger partial charge in [-0.1, -0.05) is 11.2 Å². The second-order valence-corrected chi connectivity index (χ2v) is 7.62. The van der Waals surface area contributed by atoms with E-state index in [-0.39, 0.29) is 5.56 Å². The zero-order valence-corrected chi connectivity index (χ0v) is 15.2. The van der Waals surface area contributed by atoms with E-state index >= 15 is 0 Å². The highest BCUT2D eigenvalue weighted by molar-refractivity contribution is 7.84. The minimum Gasteiger partial charge on any atom is -0.478 e. The first-order chi connectivity index (χ1) is 12.4. The number of benzene rings is 2. The van der Waals surface area contributed by atoms with Crippen molar-refractivity contribution in [3.63, 3.8) is 0 Å². The summed E-state index contributed by atoms with van der Waals surface area (Å²) in [6, 6.07) is 9.04. The lowest BCUT2D eigenvalue weighted by molar-refractivity contribution is 0.0699. The molecule has 26 heavy (non-hydrogen) atoms. The lowest BCUT2D eigenvalue weighted by Crippen LogP contribution is -1.98. The van der Waals surface area contributed by atoms with Gasteiger partial charge in [0.15, 0.2) is 0 Å². The van der Waals surface area contributed by atoms with Crippen LogP contribution in [-0.4, -0.2) is 31.7 Å². The minimum absolute atomic E-state index is 0.174. The Kier molecular flexibility index (Phi) is 3.69. The largest absolute Gasteiger partial charge is 0.478 e. The number of aromatic nitrogens is 2. The van der Waals surface area contributed by atoms with Crippen molar-refractivity contribution in [1.29, 1.82) is 0 Å². The van der Waals surface area contributed by atoms with Crippen LogP contribution in [-0.2, 0) is 10.8 Å². The molecule has 0 bridgehead atoms. The molecule has 4 rings (SSSR count). The molecule has 2 N–H and O–H groups in total. The van der Waals surface area contributed by atoms with Crippen LogP contribution in [0.5, 0.6) is 0 Å². The number of hydrogen-bond acceptors (Lipinski definition) is 4. The highest BCUT2D eigenvalue weighted by Gasteiger charge is 2.19. The van der Waals surface area contributed by atoms with Crippen LogP contribution in [0.2, 0.25) is 0 Å². The van der Waals surface area contributed by atoms with Crippen molar-refractivity contribution in [2.75, 3.05) is 6.26 Å². The zero-order chi connectivity index (χ0) is 18.6. The monoisotopic (exact) mass is 368 g/mol. The summed E-state index contributed by atoms with van der Waals surface area (Å²) < 4.78 is 17.0. The van der Waals surface area contributed by atoms with Crippen molar-refractivity contribution < 1.29 is 18.6 Å². The standard InChI is InChI=1S/C19H16N2O4S/c1-9-17(10(2)25-21-9)11-6-14-13-5-4-12(26(3)24)8-16(13)20-18(14)15(7-11)19(22)23/h4-8,20H,1-3H3,(H,22,23). The molecule has 2 aromatic carbocycles. The van der Waals surface area contributed by atoms with Crippen LogP contribution in [0.4, 0.5) is 0 Å². The summed E-state index contributed by atoms with van der Waals surface area (Å²) in [4.78, 5) is 15.7. The molecule has 0 amide bonds. The SMILES string of the molecule is Cc1noc(C)c1-c1cc(C(=O)O)c2[nH]c3cc(S(C)=O)ccc3c2c1. The summed E-state index contributed by atoms with van der Waals surface area (Å²) in [6.45, 7) is 3.63. The van der Waals surface area contributed by atoms with E-state index in [1.807, 2.05) is 19.1 Å². The number of rotatable bonds is 3. The van der Waals surface area contributed by atoms with Crippen molar-refractivity contribution in [1.82, 2.24) is 10.1 Å². The zero-order valence-electron chi connectivity index (χ0n) is 14.4. The molecule has 0 aliphatic carbocycles. The topological polar surface area (TPSA) is 96.2 Å². The number of aryl methyl sites for hydroxylation is 2. The van der Waals surface area contributed by atoms with E-state index in [0.29, 0.717) is 21.9 Å². The number of carboxylic acid groups (broad SMARTS) is 1. The molecule has 1 unspecified atom stereocenters. The predicted octanol–water partition coefficient (Wildman–Crippen LogP) is 4.03. The Morgan fingerprint density at radius 1 is 1.19 bits per heavy atom. The van der Waals surface area contributed by atoms with Crippen LogP contribution in [0.15, 0.2) is 39.8 Å². The van der Waals surface area contributed by atoms with Gasteiger partial charge in [-0.2, -0.15) is 0 Å². The summed E-state index contributed by atoms with van der Waals surface area (Å²) in [5.74, 6) is -0.379. The third kappa shape index (κ3) is 2.43. The van der Waals surface area contributed by atoms with E-state index in [2.05, 4.69) is 10.1 Å². The highest BCUT2D eigenvalue weighted by Crippen LogP contribution is 2.35. The van der Waals surface area contributed by atoms with Crippen LogP contribution < -0.4 is 0 Å². The van der Waals surface area contributed by atoms with Crippen LogP contribution in [0.25, 0.3) is 32.9 Å². The maximum Gasteiger partial charge on any atom is 0.337 e. The first-order valence-corrected chi connectivity index (χ1v) is 9.52. The molecule has 4 aromatic rings. The summed E-state index contributed by atoms with van der Waals surface area (Å²) in [7, 11) is -1.11. The van der Waals surface area contributed by atoms with Crippen molar-refractivity contribution in [3.05, 3.63) is 47.3 Å². The van der Waals surface area contributed by atoms with Crippen molar-refractivity contribution in [2.24, 2.45) is 0 Å². The molecule has 0 radical (unpaired) electrons. The highest BCUT2D eigenvalue weighted by atomic mass is 32.2. The fraction of sp³-hybridized carbons (Fsp3) is 0.158. The Bertz CT molecular complexity index is 1200.